The van der Waals surface area contributed by atoms with E-state index in [1.165, 1.54) is 12.1 Å². The standard InChI is InChI=1S/C20H18FN3O4/c21-15-8-12(25)5-4-11(15)9-22-16-3-1-2-13-14(16)10-24(20(13)28)17-6-7-18(26)23-19(17)27/h1-5,8,17,22,25H,6-7,9-10H2,(H,23,26,27)/t17-/m0/s1/i17D. The van der Waals surface area contributed by atoms with Crippen LogP contribution in [0.1, 0.15) is 35.7 Å². The van der Waals surface area contributed by atoms with Gasteiger partial charge in [-0.25, -0.2) is 4.39 Å². The lowest BCUT2D eigenvalue weighted by Gasteiger charge is -2.29. The number of nitrogens with one attached hydrogen (secondary N) is 2. The highest BCUT2D eigenvalue weighted by atomic mass is 19.1. The maximum atomic E-state index is 14.0. The van der Waals surface area contributed by atoms with Gasteiger partial charge < -0.3 is 15.3 Å². The molecule has 1 atom stereocenters. The third kappa shape index (κ3) is 3.17. The number of hydrogen-bond acceptors (Lipinski definition) is 5. The van der Waals surface area contributed by atoms with E-state index in [1.807, 2.05) is 0 Å². The first-order valence-electron chi connectivity index (χ1n) is 9.29. The number of amides is 3. The lowest BCUT2D eigenvalue weighted by atomic mass is 10.0. The van der Waals surface area contributed by atoms with E-state index in [9.17, 15) is 23.9 Å². The molecule has 2 aliphatic heterocycles. The fourth-order valence-corrected chi connectivity index (χ4v) is 3.45. The number of fused-ring (bicyclic) bond motifs is 1. The number of carbonyl (C=O) groups excluding carboxylic acids is 3. The van der Waals surface area contributed by atoms with Gasteiger partial charge in [0.15, 0.2) is 0 Å². The molecule has 0 bridgehead atoms. The summed E-state index contributed by atoms with van der Waals surface area (Å²) in [7, 11) is 0. The van der Waals surface area contributed by atoms with Crippen molar-refractivity contribution in [2.45, 2.75) is 31.9 Å². The largest absolute Gasteiger partial charge is 0.508 e. The molecular formula is C20H18FN3O4. The third-order valence-electron chi connectivity index (χ3n) is 4.90. The van der Waals surface area contributed by atoms with E-state index in [0.29, 0.717) is 22.4 Å². The van der Waals surface area contributed by atoms with Crippen molar-refractivity contribution >= 4 is 23.4 Å². The molecule has 2 aromatic rings. The minimum absolute atomic E-state index is 0.0133. The van der Waals surface area contributed by atoms with Crippen LogP contribution in [-0.2, 0) is 22.7 Å². The van der Waals surface area contributed by atoms with Gasteiger partial charge in [-0.2, -0.15) is 0 Å². The predicted molar refractivity (Wildman–Crippen MR) is 97.9 cm³/mol. The van der Waals surface area contributed by atoms with Crippen LogP contribution in [0.4, 0.5) is 10.1 Å². The zero-order chi connectivity index (χ0) is 20.8. The average Bonchev–Trinajstić information content (AvgIpc) is 3.02. The topological polar surface area (TPSA) is 98.7 Å². The van der Waals surface area contributed by atoms with Crippen LogP contribution in [-0.4, -0.2) is 33.7 Å². The van der Waals surface area contributed by atoms with Gasteiger partial charge in [-0.1, -0.05) is 12.1 Å². The Hall–Kier alpha value is -3.42. The molecule has 2 heterocycles. The molecule has 28 heavy (non-hydrogen) atoms. The Labute approximate surface area is 161 Å². The van der Waals surface area contributed by atoms with Crippen LogP contribution in [0.25, 0.3) is 0 Å². The number of piperidine rings is 1. The lowest BCUT2D eigenvalue weighted by molar-refractivity contribution is -0.136. The average molecular weight is 384 g/mol. The molecule has 8 heteroatoms. The third-order valence-corrected chi connectivity index (χ3v) is 4.90. The van der Waals surface area contributed by atoms with Crippen LogP contribution in [0.2, 0.25) is 0 Å². The monoisotopic (exact) mass is 384 g/mol. The SMILES string of the molecule is [2H][C@]1(N2Cc3c(NCc4ccc(O)cc4F)cccc3C2=O)CCC(=O)NC1=O. The molecule has 0 radical (unpaired) electrons. The Morgan fingerprint density at radius 3 is 2.86 bits per heavy atom. The van der Waals surface area contributed by atoms with Gasteiger partial charge in [0, 0.05) is 48.0 Å². The molecule has 3 N–H and O–H groups in total. The van der Waals surface area contributed by atoms with Crippen molar-refractivity contribution in [3.63, 3.8) is 0 Å². The summed E-state index contributed by atoms with van der Waals surface area (Å²) in [6, 6.07) is 7.01. The number of phenolic OH excluding ortho intramolecular Hbond substituents is 1. The first kappa shape index (κ1) is 16.7. The van der Waals surface area contributed by atoms with E-state index < -0.39 is 29.6 Å². The van der Waals surface area contributed by atoms with Crippen LogP contribution in [0.15, 0.2) is 36.4 Å². The highest BCUT2D eigenvalue weighted by Crippen LogP contribution is 2.32. The van der Waals surface area contributed by atoms with Gasteiger partial charge in [0.25, 0.3) is 5.91 Å². The van der Waals surface area contributed by atoms with E-state index in [2.05, 4.69) is 10.6 Å². The zero-order valence-electron chi connectivity index (χ0n) is 15.8. The van der Waals surface area contributed by atoms with E-state index in [1.54, 1.807) is 18.2 Å². The summed E-state index contributed by atoms with van der Waals surface area (Å²) in [4.78, 5) is 37.7. The number of phenols is 1. The number of aromatic hydroxyl groups is 1. The highest BCUT2D eigenvalue weighted by molar-refractivity contribution is 6.06. The smallest absolute Gasteiger partial charge is 0.255 e. The van der Waals surface area contributed by atoms with Crippen molar-refractivity contribution in [3.05, 3.63) is 58.9 Å². The molecule has 7 nitrogen and oxygen atoms in total. The van der Waals surface area contributed by atoms with Crippen LogP contribution >= 0.6 is 0 Å². The van der Waals surface area contributed by atoms with Gasteiger partial charge in [-0.15, -0.1) is 0 Å². The summed E-state index contributed by atoms with van der Waals surface area (Å²) in [5.41, 5.74) is 1.89. The number of imide groups is 1. The molecule has 2 aliphatic rings. The van der Waals surface area contributed by atoms with Gasteiger partial charge in [0.05, 0.1) is 1.37 Å². The van der Waals surface area contributed by atoms with Gasteiger partial charge in [-0.05, 0) is 24.6 Å². The van der Waals surface area contributed by atoms with Crippen LogP contribution in [0, 0.1) is 5.82 Å². The summed E-state index contributed by atoms with van der Waals surface area (Å²) in [5.74, 6) is -2.45. The summed E-state index contributed by atoms with van der Waals surface area (Å²) in [6.45, 7) is 0.151. The van der Waals surface area contributed by atoms with Gasteiger partial charge in [0.1, 0.15) is 17.6 Å². The normalized spacial score (nSPS) is 22.0. The molecule has 0 unspecified atom stereocenters. The van der Waals surface area contributed by atoms with Crippen LogP contribution < -0.4 is 10.6 Å². The first-order valence-corrected chi connectivity index (χ1v) is 8.79. The van der Waals surface area contributed by atoms with E-state index in [-0.39, 0.29) is 31.7 Å². The fraction of sp³-hybridized carbons (Fsp3) is 0.250. The highest BCUT2D eigenvalue weighted by Gasteiger charge is 2.39. The molecule has 144 valence electrons. The minimum atomic E-state index is -1.86. The second-order valence-corrected chi connectivity index (χ2v) is 6.68. The molecular weight excluding hydrogens is 365 g/mol. The Bertz CT molecular complexity index is 1040. The molecule has 0 aliphatic carbocycles. The van der Waals surface area contributed by atoms with Crippen molar-refractivity contribution in [1.82, 2.24) is 10.2 Å². The van der Waals surface area contributed by atoms with Crippen molar-refractivity contribution in [2.75, 3.05) is 5.32 Å². The number of hydrogen-bond donors (Lipinski definition) is 3. The molecule has 1 saturated heterocycles. The van der Waals surface area contributed by atoms with E-state index in [0.717, 1.165) is 11.0 Å². The summed E-state index contributed by atoms with van der Waals surface area (Å²) in [6.07, 6.45) is -0.0839. The maximum Gasteiger partial charge on any atom is 0.255 e. The van der Waals surface area contributed by atoms with E-state index >= 15 is 0 Å². The molecule has 4 rings (SSSR count). The molecule has 2 aromatic carbocycles. The second kappa shape index (κ2) is 6.95. The van der Waals surface area contributed by atoms with Gasteiger partial charge >= 0.3 is 0 Å². The van der Waals surface area contributed by atoms with Crippen LogP contribution in [0.5, 0.6) is 5.75 Å². The molecule has 1 fully saturated rings. The molecule has 0 spiro atoms. The van der Waals surface area contributed by atoms with Gasteiger partial charge in [-0.3, -0.25) is 19.7 Å². The lowest BCUT2D eigenvalue weighted by Crippen LogP contribution is -2.52. The quantitative estimate of drug-likeness (QED) is 0.700. The first-order chi connectivity index (χ1) is 13.8. The minimum Gasteiger partial charge on any atom is -0.508 e. The second-order valence-electron chi connectivity index (χ2n) is 6.68. The number of anilines is 1. The Morgan fingerprint density at radius 1 is 1.29 bits per heavy atom. The predicted octanol–water partition coefficient (Wildman–Crippen LogP) is 1.90. The number of carbonyl (C=O) groups is 3. The Kier molecular flexibility index (Phi) is 4.16. The van der Waals surface area contributed by atoms with Crippen molar-refractivity contribution in [1.29, 1.82) is 0 Å². The van der Waals surface area contributed by atoms with Crippen LogP contribution in [0.3, 0.4) is 0 Å². The zero-order valence-corrected chi connectivity index (χ0v) is 14.8. The van der Waals surface area contributed by atoms with Crippen molar-refractivity contribution < 1.29 is 25.3 Å². The van der Waals surface area contributed by atoms with E-state index in [4.69, 9.17) is 1.37 Å². The molecule has 0 aromatic heterocycles. The summed E-state index contributed by atoms with van der Waals surface area (Å²) < 4.78 is 22.5. The fourth-order valence-electron chi connectivity index (χ4n) is 3.45. The summed E-state index contributed by atoms with van der Waals surface area (Å²) in [5, 5.41) is 14.5. The number of nitrogens with zero attached hydrogens (tertiary/aromatic N) is 1. The number of halogens is 1. The molecule has 0 saturated carbocycles. The van der Waals surface area contributed by atoms with Crippen molar-refractivity contribution in [3.8, 4) is 5.75 Å². The Morgan fingerprint density at radius 2 is 2.11 bits per heavy atom. The number of benzene rings is 2. The molecule has 3 amide bonds. The maximum absolute atomic E-state index is 14.0. The number of rotatable bonds is 4. The Balaban J connectivity index is 1.58. The van der Waals surface area contributed by atoms with Gasteiger partial charge in [0.2, 0.25) is 11.8 Å². The van der Waals surface area contributed by atoms with Crippen molar-refractivity contribution in [2.24, 2.45) is 0 Å². The summed E-state index contributed by atoms with van der Waals surface area (Å²) >= 11 is 0.